The molecule has 0 amide bonds. The summed E-state index contributed by atoms with van der Waals surface area (Å²) >= 11 is 0. The van der Waals surface area contributed by atoms with Gasteiger partial charge in [0.1, 0.15) is 5.82 Å². The van der Waals surface area contributed by atoms with Gasteiger partial charge in [-0.2, -0.15) is 5.10 Å². The molecule has 1 aromatic heterocycles. The number of hydrogen-bond acceptors (Lipinski definition) is 2. The molecule has 84 valence electrons. The van der Waals surface area contributed by atoms with Crippen molar-refractivity contribution in [2.24, 2.45) is 11.8 Å². The van der Waals surface area contributed by atoms with Gasteiger partial charge in [-0.3, -0.25) is 4.68 Å². The van der Waals surface area contributed by atoms with E-state index in [4.69, 9.17) is 5.73 Å². The minimum atomic E-state index is 0.631. The molecule has 1 saturated carbocycles. The molecule has 1 fully saturated rings. The molecule has 0 bridgehead atoms. The molecule has 2 N–H and O–H groups in total. The monoisotopic (exact) mass is 207 g/mol. The largest absolute Gasteiger partial charge is 0.382 e. The third-order valence-corrected chi connectivity index (χ3v) is 3.47. The fraction of sp³-hybridized carbons (Fsp3) is 0.750. The summed E-state index contributed by atoms with van der Waals surface area (Å²) in [4.78, 5) is 0. The first-order chi connectivity index (χ1) is 7.24. The third kappa shape index (κ3) is 2.98. The number of aromatic nitrogens is 2. The molecule has 0 aliphatic heterocycles. The molecule has 3 nitrogen and oxygen atoms in total. The van der Waals surface area contributed by atoms with Crippen molar-refractivity contribution in [3.63, 3.8) is 0 Å². The third-order valence-electron chi connectivity index (χ3n) is 3.47. The van der Waals surface area contributed by atoms with Crippen LogP contribution in [0.25, 0.3) is 0 Å². The average molecular weight is 207 g/mol. The molecule has 0 saturated heterocycles. The van der Waals surface area contributed by atoms with Crippen molar-refractivity contribution in [3.8, 4) is 0 Å². The molecule has 0 spiro atoms. The van der Waals surface area contributed by atoms with Crippen LogP contribution < -0.4 is 5.73 Å². The van der Waals surface area contributed by atoms with Crippen LogP contribution in [0.5, 0.6) is 0 Å². The molecule has 1 aromatic rings. The van der Waals surface area contributed by atoms with Crippen LogP contribution in [-0.2, 0) is 6.54 Å². The Hall–Kier alpha value is -0.990. The summed E-state index contributed by atoms with van der Waals surface area (Å²) < 4.78 is 1.97. The quantitative estimate of drug-likeness (QED) is 0.828. The summed E-state index contributed by atoms with van der Waals surface area (Å²) in [6, 6.07) is 1.86. The van der Waals surface area contributed by atoms with Gasteiger partial charge in [0, 0.05) is 12.7 Å². The first kappa shape index (κ1) is 10.5. The lowest BCUT2D eigenvalue weighted by atomic mass is 9.81. The lowest BCUT2D eigenvalue weighted by Crippen LogP contribution is -2.15. The Morgan fingerprint density at radius 1 is 1.53 bits per heavy atom. The van der Waals surface area contributed by atoms with Crippen molar-refractivity contribution in [1.82, 2.24) is 9.78 Å². The number of hydrogen-bond donors (Lipinski definition) is 1. The highest BCUT2D eigenvalue weighted by atomic mass is 15.3. The Labute approximate surface area is 91.7 Å². The van der Waals surface area contributed by atoms with E-state index < -0.39 is 0 Å². The van der Waals surface area contributed by atoms with Crippen molar-refractivity contribution in [2.45, 2.75) is 45.6 Å². The zero-order chi connectivity index (χ0) is 10.7. The number of aryl methyl sites for hydroxylation is 1. The Morgan fingerprint density at radius 2 is 2.40 bits per heavy atom. The summed E-state index contributed by atoms with van der Waals surface area (Å²) in [7, 11) is 0. The summed E-state index contributed by atoms with van der Waals surface area (Å²) in [5, 5.41) is 4.21. The van der Waals surface area contributed by atoms with Gasteiger partial charge >= 0.3 is 0 Å². The topological polar surface area (TPSA) is 43.8 Å². The second-order valence-corrected chi connectivity index (χ2v) is 4.93. The number of anilines is 1. The molecule has 0 radical (unpaired) electrons. The SMILES string of the molecule is CC1CCCC(CCn2ccc(N)n2)C1. The highest BCUT2D eigenvalue weighted by Crippen LogP contribution is 2.30. The Kier molecular flexibility index (Phi) is 3.29. The summed E-state index contributed by atoms with van der Waals surface area (Å²) in [6.07, 6.45) is 8.86. The van der Waals surface area contributed by atoms with Crippen LogP contribution in [0.4, 0.5) is 5.82 Å². The Balaban J connectivity index is 1.77. The van der Waals surface area contributed by atoms with Gasteiger partial charge in [0.25, 0.3) is 0 Å². The van der Waals surface area contributed by atoms with Crippen molar-refractivity contribution >= 4 is 5.82 Å². The van der Waals surface area contributed by atoms with E-state index in [1.165, 1.54) is 32.1 Å². The van der Waals surface area contributed by atoms with Gasteiger partial charge < -0.3 is 5.73 Å². The van der Waals surface area contributed by atoms with E-state index in [1.54, 1.807) is 0 Å². The summed E-state index contributed by atoms with van der Waals surface area (Å²) in [5.74, 6) is 2.46. The maximum absolute atomic E-state index is 5.58. The zero-order valence-corrected chi connectivity index (χ0v) is 9.52. The molecule has 2 unspecified atom stereocenters. The van der Waals surface area contributed by atoms with Gasteiger partial charge in [-0.15, -0.1) is 0 Å². The molecule has 1 aliphatic carbocycles. The van der Waals surface area contributed by atoms with Crippen LogP contribution >= 0.6 is 0 Å². The first-order valence-corrected chi connectivity index (χ1v) is 6.03. The van der Waals surface area contributed by atoms with E-state index in [-0.39, 0.29) is 0 Å². The Bertz CT molecular complexity index is 306. The molecule has 2 rings (SSSR count). The second-order valence-electron chi connectivity index (χ2n) is 4.93. The molecule has 2 atom stereocenters. The van der Waals surface area contributed by atoms with Crippen molar-refractivity contribution in [3.05, 3.63) is 12.3 Å². The molecule has 15 heavy (non-hydrogen) atoms. The first-order valence-electron chi connectivity index (χ1n) is 6.03. The number of nitrogens with two attached hydrogens (primary N) is 1. The van der Waals surface area contributed by atoms with Crippen molar-refractivity contribution in [2.75, 3.05) is 5.73 Å². The second kappa shape index (κ2) is 4.69. The van der Waals surface area contributed by atoms with Gasteiger partial charge in [0.05, 0.1) is 0 Å². The van der Waals surface area contributed by atoms with Crippen molar-refractivity contribution in [1.29, 1.82) is 0 Å². The number of rotatable bonds is 3. The summed E-state index contributed by atoms with van der Waals surface area (Å²) in [6.45, 7) is 3.40. The van der Waals surface area contributed by atoms with Crippen LogP contribution in [0.1, 0.15) is 39.0 Å². The van der Waals surface area contributed by atoms with E-state index in [0.29, 0.717) is 5.82 Å². The highest BCUT2D eigenvalue weighted by molar-refractivity contribution is 5.23. The van der Waals surface area contributed by atoms with E-state index in [2.05, 4.69) is 12.0 Å². The predicted molar refractivity (Wildman–Crippen MR) is 62.4 cm³/mol. The minimum absolute atomic E-state index is 0.631. The maximum Gasteiger partial charge on any atom is 0.145 e. The lowest BCUT2D eigenvalue weighted by Gasteiger charge is -2.26. The van der Waals surface area contributed by atoms with Gasteiger partial charge in [0.15, 0.2) is 0 Å². The average Bonchev–Trinajstić information content (AvgIpc) is 2.62. The van der Waals surface area contributed by atoms with Crippen LogP contribution in [0, 0.1) is 11.8 Å². The summed E-state index contributed by atoms with van der Waals surface area (Å²) in [5.41, 5.74) is 5.58. The van der Waals surface area contributed by atoms with E-state index in [0.717, 1.165) is 18.4 Å². The lowest BCUT2D eigenvalue weighted by molar-refractivity contribution is 0.258. The fourth-order valence-corrected chi connectivity index (χ4v) is 2.64. The zero-order valence-electron chi connectivity index (χ0n) is 9.52. The molecule has 0 aromatic carbocycles. The maximum atomic E-state index is 5.58. The van der Waals surface area contributed by atoms with Crippen molar-refractivity contribution < 1.29 is 0 Å². The van der Waals surface area contributed by atoms with E-state index in [1.807, 2.05) is 16.9 Å². The Morgan fingerprint density at radius 3 is 3.07 bits per heavy atom. The molecule has 3 heteroatoms. The van der Waals surface area contributed by atoms with Crippen LogP contribution in [0.3, 0.4) is 0 Å². The molecular formula is C12H21N3. The molecule has 1 heterocycles. The predicted octanol–water partition coefficient (Wildman–Crippen LogP) is 2.68. The van der Waals surface area contributed by atoms with Gasteiger partial charge in [-0.05, 0) is 30.7 Å². The van der Waals surface area contributed by atoms with Crippen LogP contribution in [0.2, 0.25) is 0 Å². The fourth-order valence-electron chi connectivity index (χ4n) is 2.64. The number of nitrogen functional groups attached to an aromatic ring is 1. The van der Waals surface area contributed by atoms with Gasteiger partial charge in [0.2, 0.25) is 0 Å². The highest BCUT2D eigenvalue weighted by Gasteiger charge is 2.18. The minimum Gasteiger partial charge on any atom is -0.382 e. The molecule has 1 aliphatic rings. The van der Waals surface area contributed by atoms with Crippen LogP contribution in [0.15, 0.2) is 12.3 Å². The van der Waals surface area contributed by atoms with Crippen LogP contribution in [-0.4, -0.2) is 9.78 Å². The smallest absolute Gasteiger partial charge is 0.145 e. The van der Waals surface area contributed by atoms with Gasteiger partial charge in [-0.25, -0.2) is 0 Å². The number of nitrogens with zero attached hydrogens (tertiary/aromatic N) is 2. The normalized spacial score (nSPS) is 26.7. The van der Waals surface area contributed by atoms with Gasteiger partial charge in [-0.1, -0.05) is 26.2 Å². The standard InChI is InChI=1S/C12H21N3/c1-10-3-2-4-11(9-10)5-7-15-8-6-12(13)14-15/h6,8,10-11H,2-5,7,9H2,1H3,(H2,13,14). The molecular weight excluding hydrogens is 186 g/mol. The van der Waals surface area contributed by atoms with E-state index in [9.17, 15) is 0 Å². The van der Waals surface area contributed by atoms with E-state index >= 15 is 0 Å².